The number of hydrogen-bond donors (Lipinski definition) is 2. The van der Waals surface area contributed by atoms with E-state index in [9.17, 15) is 9.59 Å². The first kappa shape index (κ1) is 20.7. The van der Waals surface area contributed by atoms with Gasteiger partial charge in [0.05, 0.1) is 33.1 Å². The highest BCUT2D eigenvalue weighted by molar-refractivity contribution is 8.00. The van der Waals surface area contributed by atoms with Crippen molar-refractivity contribution in [1.82, 2.24) is 15.3 Å². The van der Waals surface area contributed by atoms with Crippen LogP contribution >= 0.6 is 46.7 Å². The topological polar surface area (TPSA) is 93.2 Å². The summed E-state index contributed by atoms with van der Waals surface area (Å²) in [4.78, 5) is 33.0. The predicted molar refractivity (Wildman–Crippen MR) is 126 cm³/mol. The molecule has 2 aromatic carbocycles. The Bertz CT molecular complexity index is 1280. The van der Waals surface area contributed by atoms with Gasteiger partial charge in [-0.15, -0.1) is 11.3 Å². The Balaban J connectivity index is 1.47. The van der Waals surface area contributed by atoms with Crippen LogP contribution in [0.5, 0.6) is 0 Å². The van der Waals surface area contributed by atoms with Crippen LogP contribution in [0.1, 0.15) is 20.7 Å². The van der Waals surface area contributed by atoms with Gasteiger partial charge in [0.2, 0.25) is 0 Å². The van der Waals surface area contributed by atoms with Crippen LogP contribution in [0, 0.1) is 0 Å². The van der Waals surface area contributed by atoms with E-state index in [0.29, 0.717) is 16.3 Å². The smallest absolute Gasteiger partial charge is 0.337 e. The van der Waals surface area contributed by atoms with E-state index in [0.717, 1.165) is 24.8 Å². The Labute approximate surface area is 188 Å². The van der Waals surface area contributed by atoms with E-state index in [-0.39, 0.29) is 11.0 Å². The molecule has 0 aliphatic carbocycles. The monoisotopic (exact) mass is 474 g/mol. The third-order valence-electron chi connectivity index (χ3n) is 4.08. The molecular weight excluding hydrogens is 461 g/mol. The summed E-state index contributed by atoms with van der Waals surface area (Å²) in [6.07, 6.45) is 2.00. The zero-order valence-corrected chi connectivity index (χ0v) is 19.0. The molecule has 152 valence electrons. The van der Waals surface area contributed by atoms with Crippen LogP contribution in [0.2, 0.25) is 0 Å². The van der Waals surface area contributed by atoms with Crippen molar-refractivity contribution < 1.29 is 14.3 Å². The Morgan fingerprint density at radius 1 is 1.00 bits per heavy atom. The Morgan fingerprint density at radius 3 is 2.30 bits per heavy atom. The number of methoxy groups -OCH3 is 1. The first-order chi connectivity index (χ1) is 14.5. The van der Waals surface area contributed by atoms with Crippen LogP contribution in [0.25, 0.3) is 20.4 Å². The number of carbonyl (C=O) groups excluding carboxylic acids is 2. The Kier molecular flexibility index (Phi) is 5.95. The second-order valence-electron chi connectivity index (χ2n) is 5.94. The van der Waals surface area contributed by atoms with E-state index in [1.54, 1.807) is 23.1 Å². The summed E-state index contributed by atoms with van der Waals surface area (Å²) < 4.78 is 7.76. The molecule has 0 fully saturated rings. The standard InChI is InChI=1S/C19H14N4O3S4/c1-26-16(25)10-5-3-9(4-6-10)15(24)22-17(27)23-18-20-11-7-8-12-14(13(11)29-18)30-19(21-12)28-2/h3-8H,1-2H3,(H2,20,22,23,24,27). The lowest BCUT2D eigenvalue weighted by molar-refractivity contribution is 0.0600. The number of nitrogens with one attached hydrogen (secondary N) is 2. The minimum atomic E-state index is -0.463. The lowest BCUT2D eigenvalue weighted by atomic mass is 10.1. The van der Waals surface area contributed by atoms with E-state index < -0.39 is 5.97 Å². The molecule has 0 spiro atoms. The zero-order valence-electron chi connectivity index (χ0n) is 15.7. The van der Waals surface area contributed by atoms with Gasteiger partial charge in [-0.2, -0.15) is 0 Å². The lowest BCUT2D eigenvalue weighted by Gasteiger charge is -2.07. The largest absolute Gasteiger partial charge is 0.465 e. The molecular formula is C19H14N4O3S4. The highest BCUT2D eigenvalue weighted by Crippen LogP contribution is 2.37. The molecule has 0 unspecified atom stereocenters. The molecule has 11 heteroatoms. The van der Waals surface area contributed by atoms with Crippen LogP contribution in [-0.2, 0) is 4.74 Å². The number of carbonyl (C=O) groups is 2. The number of nitrogens with zero attached hydrogens (tertiary/aromatic N) is 2. The molecule has 0 saturated carbocycles. The second kappa shape index (κ2) is 8.64. The molecule has 30 heavy (non-hydrogen) atoms. The molecule has 0 aliphatic rings. The Hall–Kier alpha value is -2.60. The molecule has 7 nitrogen and oxygen atoms in total. The fourth-order valence-corrected chi connectivity index (χ4v) is 5.59. The van der Waals surface area contributed by atoms with Gasteiger partial charge in [-0.3, -0.25) is 10.1 Å². The van der Waals surface area contributed by atoms with Gasteiger partial charge in [-0.25, -0.2) is 14.8 Å². The van der Waals surface area contributed by atoms with Crippen molar-refractivity contribution in [2.45, 2.75) is 4.34 Å². The van der Waals surface area contributed by atoms with Crippen LogP contribution < -0.4 is 10.6 Å². The van der Waals surface area contributed by atoms with Crippen molar-refractivity contribution in [2.75, 3.05) is 18.7 Å². The number of anilines is 1. The predicted octanol–water partition coefficient (Wildman–Crippen LogP) is 4.54. The summed E-state index contributed by atoms with van der Waals surface area (Å²) in [5.74, 6) is -0.853. The highest BCUT2D eigenvalue weighted by Gasteiger charge is 2.14. The lowest BCUT2D eigenvalue weighted by Crippen LogP contribution is -2.34. The van der Waals surface area contributed by atoms with Crippen LogP contribution in [0.4, 0.5) is 5.13 Å². The third kappa shape index (κ3) is 4.15. The van der Waals surface area contributed by atoms with E-state index in [4.69, 9.17) is 12.2 Å². The SMILES string of the molecule is COC(=O)c1ccc(C(=O)NC(=S)Nc2nc3ccc4nc(SC)sc4c3s2)cc1. The average molecular weight is 475 g/mol. The van der Waals surface area contributed by atoms with E-state index in [1.165, 1.54) is 42.7 Å². The number of benzene rings is 2. The first-order valence-electron chi connectivity index (χ1n) is 8.53. The van der Waals surface area contributed by atoms with Gasteiger partial charge in [-0.1, -0.05) is 23.1 Å². The number of hydrogen-bond acceptors (Lipinski definition) is 9. The van der Waals surface area contributed by atoms with E-state index in [2.05, 4.69) is 25.3 Å². The van der Waals surface area contributed by atoms with Gasteiger partial charge in [-0.05, 0) is 54.9 Å². The minimum absolute atomic E-state index is 0.140. The van der Waals surface area contributed by atoms with Crippen LogP contribution in [-0.4, -0.2) is 40.3 Å². The first-order valence-corrected chi connectivity index (χ1v) is 11.8. The fourth-order valence-electron chi connectivity index (χ4n) is 2.67. The quantitative estimate of drug-likeness (QED) is 0.253. The highest BCUT2D eigenvalue weighted by atomic mass is 32.2. The number of rotatable bonds is 4. The van der Waals surface area contributed by atoms with Crippen molar-refractivity contribution in [3.05, 3.63) is 47.5 Å². The molecule has 0 atom stereocenters. The molecule has 0 saturated heterocycles. The number of thioether (sulfide) groups is 1. The van der Waals surface area contributed by atoms with Crippen molar-refractivity contribution >= 4 is 89.2 Å². The molecule has 2 heterocycles. The molecule has 4 aromatic rings. The van der Waals surface area contributed by atoms with E-state index in [1.807, 2.05) is 18.4 Å². The summed E-state index contributed by atoms with van der Waals surface area (Å²) in [6, 6.07) is 9.99. The fraction of sp³-hybridized carbons (Fsp3) is 0.105. The van der Waals surface area contributed by atoms with Gasteiger partial charge in [0.25, 0.3) is 5.91 Å². The maximum atomic E-state index is 12.4. The molecule has 0 bridgehead atoms. The number of aromatic nitrogens is 2. The summed E-state index contributed by atoms with van der Waals surface area (Å²) in [5, 5.41) is 6.32. The summed E-state index contributed by atoms with van der Waals surface area (Å²) in [5.41, 5.74) is 2.52. The molecule has 2 N–H and O–H groups in total. The maximum absolute atomic E-state index is 12.4. The Morgan fingerprint density at radius 2 is 1.63 bits per heavy atom. The number of fused-ring (bicyclic) bond motifs is 3. The van der Waals surface area contributed by atoms with Gasteiger partial charge in [0.1, 0.15) is 0 Å². The van der Waals surface area contributed by atoms with Gasteiger partial charge < -0.3 is 10.1 Å². The van der Waals surface area contributed by atoms with Gasteiger partial charge >= 0.3 is 5.97 Å². The maximum Gasteiger partial charge on any atom is 0.337 e. The van der Waals surface area contributed by atoms with Crippen molar-refractivity contribution in [1.29, 1.82) is 0 Å². The number of amides is 1. The van der Waals surface area contributed by atoms with Gasteiger partial charge in [0.15, 0.2) is 14.6 Å². The van der Waals surface area contributed by atoms with Crippen molar-refractivity contribution in [3.8, 4) is 0 Å². The molecule has 4 rings (SSSR count). The van der Waals surface area contributed by atoms with Crippen LogP contribution in [0.3, 0.4) is 0 Å². The number of esters is 1. The normalized spacial score (nSPS) is 10.9. The van der Waals surface area contributed by atoms with E-state index >= 15 is 0 Å². The molecule has 0 radical (unpaired) electrons. The summed E-state index contributed by atoms with van der Waals surface area (Å²) in [6.45, 7) is 0. The molecule has 1 amide bonds. The van der Waals surface area contributed by atoms with Gasteiger partial charge in [0, 0.05) is 5.56 Å². The second-order valence-corrected chi connectivity index (χ2v) is 9.40. The van der Waals surface area contributed by atoms with Crippen molar-refractivity contribution in [3.63, 3.8) is 0 Å². The number of ether oxygens (including phenoxy) is 1. The molecule has 0 aliphatic heterocycles. The number of thiocarbonyl (C=S) groups is 1. The zero-order chi connectivity index (χ0) is 21.3. The third-order valence-corrected chi connectivity index (χ3v) is 7.49. The van der Waals surface area contributed by atoms with Crippen LogP contribution in [0.15, 0.2) is 40.7 Å². The summed E-state index contributed by atoms with van der Waals surface area (Å²) >= 11 is 9.96. The van der Waals surface area contributed by atoms with Crippen molar-refractivity contribution in [2.24, 2.45) is 0 Å². The molecule has 2 aromatic heterocycles. The number of thiazole rings is 2. The summed E-state index contributed by atoms with van der Waals surface area (Å²) in [7, 11) is 1.30. The average Bonchev–Trinajstić information content (AvgIpc) is 3.36. The minimum Gasteiger partial charge on any atom is -0.465 e.